The fourth-order valence-electron chi connectivity index (χ4n) is 1.08. The van der Waals surface area contributed by atoms with Gasteiger partial charge in [-0.1, -0.05) is 18.2 Å². The zero-order chi connectivity index (χ0) is 11.1. The molecule has 0 bridgehead atoms. The van der Waals surface area contributed by atoms with E-state index in [4.69, 9.17) is 5.26 Å². The quantitative estimate of drug-likeness (QED) is 0.757. The van der Waals surface area contributed by atoms with Crippen molar-refractivity contribution in [3.8, 4) is 6.07 Å². The van der Waals surface area contributed by atoms with Crippen molar-refractivity contribution in [2.75, 3.05) is 6.54 Å². The van der Waals surface area contributed by atoms with Gasteiger partial charge in [-0.05, 0) is 12.1 Å². The minimum absolute atomic E-state index is 0.0229. The Balaban J connectivity index is 2.41. The summed E-state index contributed by atoms with van der Waals surface area (Å²) < 4.78 is 0. The molecule has 1 aromatic carbocycles. The molecule has 15 heavy (non-hydrogen) atoms. The smallest absolute Gasteiger partial charge is 0.251 e. The molecular weight excluding hydrogens is 192 g/mol. The average molecular weight is 204 g/mol. The van der Waals surface area contributed by atoms with E-state index in [9.17, 15) is 9.90 Å². The van der Waals surface area contributed by atoms with Crippen molar-refractivity contribution in [1.82, 2.24) is 5.32 Å². The number of amides is 1. The number of nitriles is 1. The Morgan fingerprint density at radius 1 is 1.47 bits per heavy atom. The van der Waals surface area contributed by atoms with Crippen LogP contribution in [0.3, 0.4) is 0 Å². The molecule has 0 aliphatic carbocycles. The summed E-state index contributed by atoms with van der Waals surface area (Å²) in [6.45, 7) is 0.0985. The standard InChI is InChI=1S/C11H12N2O2/c12-7-6-10(14)8-13-11(15)9-4-2-1-3-5-9/h1-5,10,14H,6,8H2,(H,13,15)/t10-/m1/s1. The monoisotopic (exact) mass is 204 g/mol. The highest BCUT2D eigenvalue weighted by atomic mass is 16.3. The van der Waals surface area contributed by atoms with Crippen molar-refractivity contribution in [3.63, 3.8) is 0 Å². The van der Waals surface area contributed by atoms with Crippen LogP contribution in [0.25, 0.3) is 0 Å². The van der Waals surface area contributed by atoms with Gasteiger partial charge in [0.2, 0.25) is 0 Å². The van der Waals surface area contributed by atoms with Gasteiger partial charge in [0.1, 0.15) is 0 Å². The predicted octanol–water partition coefficient (Wildman–Crippen LogP) is 0.691. The molecule has 0 aliphatic heterocycles. The first-order valence-electron chi connectivity index (χ1n) is 4.62. The van der Waals surface area contributed by atoms with E-state index in [2.05, 4.69) is 5.32 Å². The molecule has 0 aromatic heterocycles. The summed E-state index contributed by atoms with van der Waals surface area (Å²) >= 11 is 0. The van der Waals surface area contributed by atoms with Gasteiger partial charge in [0.25, 0.3) is 5.91 Å². The molecule has 0 saturated heterocycles. The van der Waals surface area contributed by atoms with E-state index in [-0.39, 0.29) is 18.9 Å². The van der Waals surface area contributed by atoms with Crippen molar-refractivity contribution in [3.05, 3.63) is 35.9 Å². The molecule has 0 heterocycles. The van der Waals surface area contributed by atoms with Crippen molar-refractivity contribution in [1.29, 1.82) is 5.26 Å². The van der Waals surface area contributed by atoms with Crippen LogP contribution in [-0.2, 0) is 0 Å². The minimum Gasteiger partial charge on any atom is -0.390 e. The van der Waals surface area contributed by atoms with E-state index in [0.29, 0.717) is 5.56 Å². The molecule has 0 fully saturated rings. The molecule has 1 atom stereocenters. The molecular formula is C11H12N2O2. The molecule has 0 saturated carbocycles. The van der Waals surface area contributed by atoms with E-state index >= 15 is 0 Å². The highest BCUT2D eigenvalue weighted by Gasteiger charge is 2.07. The molecule has 2 N–H and O–H groups in total. The Labute approximate surface area is 88.2 Å². The highest BCUT2D eigenvalue weighted by molar-refractivity contribution is 5.94. The fourth-order valence-corrected chi connectivity index (χ4v) is 1.08. The maximum absolute atomic E-state index is 11.4. The number of rotatable bonds is 4. The molecule has 4 nitrogen and oxygen atoms in total. The second-order valence-corrected chi connectivity index (χ2v) is 3.09. The van der Waals surface area contributed by atoms with Gasteiger partial charge in [0.05, 0.1) is 18.6 Å². The number of hydrogen-bond donors (Lipinski definition) is 2. The number of aliphatic hydroxyl groups excluding tert-OH is 1. The normalized spacial score (nSPS) is 11.5. The van der Waals surface area contributed by atoms with Gasteiger partial charge in [-0.15, -0.1) is 0 Å². The van der Waals surface area contributed by atoms with Crippen LogP contribution in [0.2, 0.25) is 0 Å². The fraction of sp³-hybridized carbons (Fsp3) is 0.273. The Morgan fingerprint density at radius 2 is 2.13 bits per heavy atom. The second kappa shape index (κ2) is 5.78. The summed E-state index contributed by atoms with van der Waals surface area (Å²) in [5, 5.41) is 20.0. The van der Waals surface area contributed by atoms with Crippen molar-refractivity contribution in [2.45, 2.75) is 12.5 Å². The Bertz CT molecular complexity index is 357. The molecule has 1 amide bonds. The van der Waals surface area contributed by atoms with Gasteiger partial charge in [-0.3, -0.25) is 4.79 Å². The van der Waals surface area contributed by atoms with E-state index in [0.717, 1.165) is 0 Å². The van der Waals surface area contributed by atoms with Crippen LogP contribution in [0.4, 0.5) is 0 Å². The lowest BCUT2D eigenvalue weighted by Gasteiger charge is -2.08. The average Bonchev–Trinajstić information content (AvgIpc) is 2.27. The van der Waals surface area contributed by atoms with E-state index in [1.165, 1.54) is 0 Å². The largest absolute Gasteiger partial charge is 0.390 e. The first-order valence-corrected chi connectivity index (χ1v) is 4.62. The SMILES string of the molecule is N#CC[C@@H](O)CNC(=O)c1ccccc1. The van der Waals surface area contributed by atoms with Gasteiger partial charge in [-0.25, -0.2) is 0 Å². The van der Waals surface area contributed by atoms with Gasteiger partial charge < -0.3 is 10.4 Å². The van der Waals surface area contributed by atoms with Crippen molar-refractivity contribution >= 4 is 5.91 Å². The second-order valence-electron chi connectivity index (χ2n) is 3.09. The van der Waals surface area contributed by atoms with Crippen LogP contribution in [0.15, 0.2) is 30.3 Å². The Morgan fingerprint density at radius 3 is 2.73 bits per heavy atom. The number of nitrogens with zero attached hydrogens (tertiary/aromatic N) is 1. The minimum atomic E-state index is -0.803. The first-order chi connectivity index (χ1) is 7.24. The number of benzene rings is 1. The number of aliphatic hydroxyl groups is 1. The van der Waals surface area contributed by atoms with Gasteiger partial charge in [0.15, 0.2) is 0 Å². The molecule has 0 spiro atoms. The maximum Gasteiger partial charge on any atom is 0.251 e. The van der Waals surface area contributed by atoms with E-state index < -0.39 is 6.10 Å². The van der Waals surface area contributed by atoms with Crippen LogP contribution < -0.4 is 5.32 Å². The zero-order valence-corrected chi connectivity index (χ0v) is 8.18. The topological polar surface area (TPSA) is 73.1 Å². The van der Waals surface area contributed by atoms with Crippen LogP contribution >= 0.6 is 0 Å². The number of carbonyl (C=O) groups excluding carboxylic acids is 1. The maximum atomic E-state index is 11.4. The van der Waals surface area contributed by atoms with Crippen LogP contribution in [-0.4, -0.2) is 23.7 Å². The first kappa shape index (κ1) is 11.2. The van der Waals surface area contributed by atoms with Crippen LogP contribution in [0.1, 0.15) is 16.8 Å². The molecule has 1 aromatic rings. The summed E-state index contributed by atoms with van der Waals surface area (Å²) in [4.78, 5) is 11.4. The zero-order valence-electron chi connectivity index (χ0n) is 8.18. The summed E-state index contributed by atoms with van der Waals surface area (Å²) in [5.41, 5.74) is 0.543. The molecule has 1 rings (SSSR count). The number of hydrogen-bond acceptors (Lipinski definition) is 3. The lowest BCUT2D eigenvalue weighted by Crippen LogP contribution is -2.31. The third kappa shape index (κ3) is 3.79. The van der Waals surface area contributed by atoms with E-state index in [1.807, 2.05) is 12.1 Å². The summed E-state index contributed by atoms with van der Waals surface area (Å²) in [6.07, 6.45) is -0.780. The summed E-state index contributed by atoms with van der Waals surface area (Å²) in [5.74, 6) is -0.243. The Hall–Kier alpha value is -1.86. The predicted molar refractivity (Wildman–Crippen MR) is 55.0 cm³/mol. The molecule has 78 valence electrons. The van der Waals surface area contributed by atoms with Crippen molar-refractivity contribution < 1.29 is 9.90 Å². The lowest BCUT2D eigenvalue weighted by molar-refractivity contribution is 0.0918. The number of nitrogens with one attached hydrogen (secondary N) is 1. The van der Waals surface area contributed by atoms with E-state index in [1.54, 1.807) is 24.3 Å². The summed E-state index contributed by atoms with van der Waals surface area (Å²) in [7, 11) is 0. The molecule has 0 aliphatic rings. The van der Waals surface area contributed by atoms with Crippen LogP contribution in [0, 0.1) is 11.3 Å². The summed E-state index contributed by atoms with van der Waals surface area (Å²) in [6, 6.07) is 10.6. The molecule has 0 radical (unpaired) electrons. The third-order valence-corrected chi connectivity index (χ3v) is 1.86. The number of carbonyl (C=O) groups is 1. The Kier molecular flexibility index (Phi) is 4.32. The molecule has 4 heteroatoms. The third-order valence-electron chi connectivity index (χ3n) is 1.86. The van der Waals surface area contributed by atoms with Crippen LogP contribution in [0.5, 0.6) is 0 Å². The van der Waals surface area contributed by atoms with Crippen molar-refractivity contribution in [2.24, 2.45) is 0 Å². The molecule has 0 unspecified atom stereocenters. The van der Waals surface area contributed by atoms with Gasteiger partial charge in [0, 0.05) is 12.1 Å². The van der Waals surface area contributed by atoms with Gasteiger partial charge >= 0.3 is 0 Å². The van der Waals surface area contributed by atoms with Gasteiger partial charge in [-0.2, -0.15) is 5.26 Å². The lowest BCUT2D eigenvalue weighted by atomic mass is 10.2. The highest BCUT2D eigenvalue weighted by Crippen LogP contribution is 1.98.